The van der Waals surface area contributed by atoms with E-state index in [1.807, 2.05) is 60.7 Å². The molecule has 5 rings (SSSR count). The maximum atomic E-state index is 13.6. The van der Waals surface area contributed by atoms with Gasteiger partial charge in [-0.3, -0.25) is 4.79 Å². The summed E-state index contributed by atoms with van der Waals surface area (Å²) >= 11 is 0. The molecule has 2 aliphatic rings. The Kier molecular flexibility index (Phi) is 4.78. The molecule has 1 amide bonds. The van der Waals surface area contributed by atoms with Gasteiger partial charge in [-0.05, 0) is 35.9 Å². The van der Waals surface area contributed by atoms with E-state index in [2.05, 4.69) is 5.32 Å². The fourth-order valence-corrected chi connectivity index (χ4v) is 4.06. The number of amides is 1. The van der Waals surface area contributed by atoms with Crippen LogP contribution in [0.1, 0.15) is 27.7 Å². The average molecular weight is 418 g/mol. The van der Waals surface area contributed by atoms with Crippen molar-refractivity contribution in [3.63, 3.8) is 0 Å². The van der Waals surface area contributed by atoms with E-state index in [0.29, 0.717) is 35.1 Å². The van der Waals surface area contributed by atoms with Crippen molar-refractivity contribution in [2.75, 3.05) is 26.3 Å². The third-order valence-electron chi connectivity index (χ3n) is 5.54. The highest BCUT2D eigenvalue weighted by atomic mass is 16.7. The second-order valence-electron chi connectivity index (χ2n) is 7.30. The highest BCUT2D eigenvalue weighted by Gasteiger charge is 2.35. The van der Waals surface area contributed by atoms with Gasteiger partial charge in [-0.25, -0.2) is 0 Å². The lowest BCUT2D eigenvalue weighted by atomic mass is 10.0. The van der Waals surface area contributed by atoms with E-state index < -0.39 is 6.17 Å². The molecule has 1 N–H and O–H groups in total. The lowest BCUT2D eigenvalue weighted by molar-refractivity contribution is 0.0664. The molecule has 0 aliphatic carbocycles. The third-order valence-corrected chi connectivity index (χ3v) is 5.54. The minimum Gasteiger partial charge on any atom is -0.493 e. The number of anilines is 1. The SMILES string of the molecule is COc1cccc([C@H]2Nc3ccccc3C(=O)N2Cc2ccc3c(c2)OCO3)c1OC. The van der Waals surface area contributed by atoms with Crippen molar-refractivity contribution < 1.29 is 23.7 Å². The first-order chi connectivity index (χ1) is 15.2. The Balaban J connectivity index is 1.59. The zero-order chi connectivity index (χ0) is 21.4. The van der Waals surface area contributed by atoms with E-state index in [-0.39, 0.29) is 12.7 Å². The van der Waals surface area contributed by atoms with Gasteiger partial charge in [0.1, 0.15) is 6.17 Å². The van der Waals surface area contributed by atoms with Gasteiger partial charge in [-0.1, -0.05) is 30.3 Å². The number of hydrogen-bond donors (Lipinski definition) is 1. The van der Waals surface area contributed by atoms with Crippen molar-refractivity contribution in [3.8, 4) is 23.0 Å². The molecule has 0 radical (unpaired) electrons. The fourth-order valence-electron chi connectivity index (χ4n) is 4.06. The molecular weight excluding hydrogens is 396 g/mol. The summed E-state index contributed by atoms with van der Waals surface area (Å²) in [6.45, 7) is 0.585. The van der Waals surface area contributed by atoms with Gasteiger partial charge in [-0.15, -0.1) is 0 Å². The molecule has 2 heterocycles. The van der Waals surface area contributed by atoms with E-state index in [1.165, 1.54) is 0 Å². The summed E-state index contributed by atoms with van der Waals surface area (Å²) in [5.41, 5.74) is 3.15. The molecule has 0 aromatic heterocycles. The average Bonchev–Trinajstić information content (AvgIpc) is 3.28. The van der Waals surface area contributed by atoms with E-state index in [1.54, 1.807) is 19.1 Å². The number of fused-ring (bicyclic) bond motifs is 2. The summed E-state index contributed by atoms with van der Waals surface area (Å²) in [7, 11) is 3.20. The number of ether oxygens (including phenoxy) is 4. The number of nitrogens with one attached hydrogen (secondary N) is 1. The minimum absolute atomic E-state index is 0.0677. The molecule has 158 valence electrons. The standard InChI is InChI=1S/C24H22N2O5/c1-28-20-9-5-7-17(22(20)29-2)23-25-18-8-4-3-6-16(18)24(27)26(23)13-15-10-11-19-21(12-15)31-14-30-19/h3-12,23,25H,13-14H2,1-2H3/t23-/m0/s1. The molecule has 0 unspecified atom stereocenters. The molecule has 3 aromatic rings. The van der Waals surface area contributed by atoms with Crippen molar-refractivity contribution in [3.05, 3.63) is 77.4 Å². The Hall–Kier alpha value is -3.87. The summed E-state index contributed by atoms with van der Waals surface area (Å²) in [4.78, 5) is 15.3. The van der Waals surface area contributed by atoms with Gasteiger partial charge in [0.05, 0.1) is 19.8 Å². The molecular formula is C24H22N2O5. The highest BCUT2D eigenvalue weighted by Crippen LogP contribution is 2.42. The number of benzene rings is 3. The third kappa shape index (κ3) is 3.28. The zero-order valence-electron chi connectivity index (χ0n) is 17.3. The van der Waals surface area contributed by atoms with Crippen LogP contribution in [-0.4, -0.2) is 31.8 Å². The quantitative estimate of drug-likeness (QED) is 0.670. The summed E-state index contributed by atoms with van der Waals surface area (Å²) in [5, 5.41) is 3.51. The van der Waals surface area contributed by atoms with Gasteiger partial charge in [-0.2, -0.15) is 0 Å². The van der Waals surface area contributed by atoms with Crippen LogP contribution in [-0.2, 0) is 6.54 Å². The minimum atomic E-state index is -0.446. The van der Waals surface area contributed by atoms with Crippen LogP contribution < -0.4 is 24.3 Å². The zero-order valence-corrected chi connectivity index (χ0v) is 17.3. The molecule has 0 fully saturated rings. The molecule has 2 aliphatic heterocycles. The van der Waals surface area contributed by atoms with Crippen LogP contribution in [0.4, 0.5) is 5.69 Å². The molecule has 0 saturated carbocycles. The number of carbonyl (C=O) groups excluding carboxylic acids is 1. The van der Waals surface area contributed by atoms with Crippen LogP contribution in [0.25, 0.3) is 0 Å². The number of methoxy groups -OCH3 is 2. The predicted octanol–water partition coefficient (Wildman–Crippen LogP) is 4.20. The van der Waals surface area contributed by atoms with Crippen LogP contribution >= 0.6 is 0 Å². The van der Waals surface area contributed by atoms with Gasteiger partial charge in [0.15, 0.2) is 23.0 Å². The topological polar surface area (TPSA) is 69.3 Å². The lowest BCUT2D eigenvalue weighted by Gasteiger charge is -2.38. The second kappa shape index (κ2) is 7.75. The van der Waals surface area contributed by atoms with Crippen molar-refractivity contribution in [2.24, 2.45) is 0 Å². The second-order valence-corrected chi connectivity index (χ2v) is 7.30. The molecule has 31 heavy (non-hydrogen) atoms. The van der Waals surface area contributed by atoms with E-state index in [4.69, 9.17) is 18.9 Å². The highest BCUT2D eigenvalue weighted by molar-refractivity contribution is 6.01. The van der Waals surface area contributed by atoms with Gasteiger partial charge in [0.25, 0.3) is 5.91 Å². The molecule has 0 saturated heterocycles. The first-order valence-corrected chi connectivity index (χ1v) is 9.95. The van der Waals surface area contributed by atoms with Gasteiger partial charge in [0, 0.05) is 17.8 Å². The summed E-state index contributed by atoms with van der Waals surface area (Å²) < 4.78 is 22.1. The smallest absolute Gasteiger partial charge is 0.258 e. The number of para-hydroxylation sites is 2. The van der Waals surface area contributed by atoms with Crippen molar-refractivity contribution in [2.45, 2.75) is 12.7 Å². The molecule has 1 atom stereocenters. The van der Waals surface area contributed by atoms with Crippen LogP contribution in [0.2, 0.25) is 0 Å². The Labute approximate surface area is 180 Å². The molecule has 0 bridgehead atoms. The van der Waals surface area contributed by atoms with E-state index >= 15 is 0 Å². The predicted molar refractivity (Wildman–Crippen MR) is 115 cm³/mol. The number of carbonyl (C=O) groups is 1. The Morgan fingerprint density at radius 2 is 1.84 bits per heavy atom. The van der Waals surface area contributed by atoms with E-state index in [0.717, 1.165) is 16.8 Å². The number of nitrogens with zero attached hydrogens (tertiary/aromatic N) is 1. The first-order valence-electron chi connectivity index (χ1n) is 9.95. The Bertz CT molecular complexity index is 1150. The van der Waals surface area contributed by atoms with Crippen molar-refractivity contribution in [1.29, 1.82) is 0 Å². The van der Waals surface area contributed by atoms with Crippen LogP contribution in [0.3, 0.4) is 0 Å². The molecule has 0 spiro atoms. The summed E-state index contributed by atoms with van der Waals surface area (Å²) in [6.07, 6.45) is -0.446. The number of rotatable bonds is 5. The maximum Gasteiger partial charge on any atom is 0.258 e. The van der Waals surface area contributed by atoms with Crippen molar-refractivity contribution in [1.82, 2.24) is 4.90 Å². The van der Waals surface area contributed by atoms with Crippen molar-refractivity contribution >= 4 is 11.6 Å². The number of hydrogen-bond acceptors (Lipinski definition) is 6. The van der Waals surface area contributed by atoms with Crippen LogP contribution in [0.5, 0.6) is 23.0 Å². The lowest BCUT2D eigenvalue weighted by Crippen LogP contribution is -2.42. The summed E-state index contributed by atoms with van der Waals surface area (Å²) in [5.74, 6) is 2.53. The fraction of sp³-hybridized carbons (Fsp3) is 0.208. The van der Waals surface area contributed by atoms with Crippen LogP contribution in [0.15, 0.2) is 60.7 Å². The molecule has 7 heteroatoms. The largest absolute Gasteiger partial charge is 0.493 e. The van der Waals surface area contributed by atoms with Gasteiger partial charge < -0.3 is 29.2 Å². The van der Waals surface area contributed by atoms with Gasteiger partial charge >= 0.3 is 0 Å². The summed E-state index contributed by atoms with van der Waals surface area (Å²) in [6, 6.07) is 18.9. The maximum absolute atomic E-state index is 13.6. The Morgan fingerprint density at radius 3 is 2.68 bits per heavy atom. The van der Waals surface area contributed by atoms with E-state index in [9.17, 15) is 4.79 Å². The molecule has 3 aromatic carbocycles. The monoisotopic (exact) mass is 418 g/mol. The normalized spacial score (nSPS) is 16.5. The Morgan fingerprint density at radius 1 is 1.00 bits per heavy atom. The van der Waals surface area contributed by atoms with Gasteiger partial charge in [0.2, 0.25) is 6.79 Å². The first kappa shape index (κ1) is 19.1. The molecule has 7 nitrogen and oxygen atoms in total. The van der Waals surface area contributed by atoms with Crippen LogP contribution in [0, 0.1) is 0 Å².